The average Bonchev–Trinajstić information content (AvgIpc) is 3.00. The molecule has 1 aliphatic rings. The normalized spacial score (nSPS) is 17.0. The Morgan fingerprint density at radius 1 is 1.15 bits per heavy atom. The van der Waals surface area contributed by atoms with Gasteiger partial charge in [0.15, 0.2) is 11.6 Å². The van der Waals surface area contributed by atoms with Crippen molar-refractivity contribution in [1.82, 2.24) is 0 Å². The van der Waals surface area contributed by atoms with Gasteiger partial charge in [0.05, 0.1) is 5.69 Å². The van der Waals surface area contributed by atoms with Crippen molar-refractivity contribution in [3.05, 3.63) is 60.2 Å². The fourth-order valence-corrected chi connectivity index (χ4v) is 2.75. The number of carbonyl (C=O) groups is 2. The first kappa shape index (κ1) is 18.6. The summed E-state index contributed by atoms with van der Waals surface area (Å²) in [4.78, 5) is 25.1. The van der Waals surface area contributed by atoms with Crippen LogP contribution in [0.3, 0.4) is 0 Å². The molecule has 0 fully saturated rings. The molecule has 0 saturated carbocycles. The van der Waals surface area contributed by atoms with E-state index in [2.05, 4.69) is 10.4 Å². The zero-order valence-electron chi connectivity index (χ0n) is 14.3. The van der Waals surface area contributed by atoms with E-state index in [1.807, 2.05) is 13.0 Å². The molecule has 0 saturated heterocycles. The molecule has 1 N–H and O–H groups in total. The largest absolute Gasteiger partial charge is 0.432 e. The standard InChI is InChI=1S/C19H16F3N3O2/c1-2-12-7-6-8-13(11-12)23-17(26)15-16(19(20,21)22)24-25(18(15)27)14-9-4-3-5-10-14/h3-11,15H,2H2,1H3,(H,23,26). The summed E-state index contributed by atoms with van der Waals surface area (Å²) in [5, 5.41) is 6.42. The second-order valence-electron chi connectivity index (χ2n) is 5.94. The van der Waals surface area contributed by atoms with Crippen LogP contribution in [0.25, 0.3) is 0 Å². The number of nitrogens with one attached hydrogen (secondary N) is 1. The molecule has 1 aliphatic heterocycles. The third-order valence-corrected chi connectivity index (χ3v) is 4.09. The highest BCUT2D eigenvalue weighted by atomic mass is 19.4. The molecule has 1 heterocycles. The van der Waals surface area contributed by atoms with Gasteiger partial charge in [0.1, 0.15) is 0 Å². The molecule has 8 heteroatoms. The second kappa shape index (κ2) is 7.22. The maximum Gasteiger partial charge on any atom is 0.432 e. The molecule has 0 bridgehead atoms. The van der Waals surface area contributed by atoms with E-state index in [9.17, 15) is 22.8 Å². The Bertz CT molecular complexity index is 895. The van der Waals surface area contributed by atoms with E-state index in [0.717, 1.165) is 5.56 Å². The fourth-order valence-electron chi connectivity index (χ4n) is 2.75. The lowest BCUT2D eigenvalue weighted by Crippen LogP contribution is -2.41. The minimum Gasteiger partial charge on any atom is -0.325 e. The van der Waals surface area contributed by atoms with Crippen LogP contribution in [0.4, 0.5) is 24.5 Å². The van der Waals surface area contributed by atoms with Crippen LogP contribution in [-0.4, -0.2) is 23.7 Å². The number of amides is 2. The Hall–Kier alpha value is -3.16. The zero-order valence-corrected chi connectivity index (χ0v) is 14.3. The number of anilines is 2. The van der Waals surface area contributed by atoms with Gasteiger partial charge in [0.2, 0.25) is 5.91 Å². The first-order chi connectivity index (χ1) is 12.8. The molecule has 1 atom stereocenters. The number of aryl methyl sites for hydroxylation is 1. The highest BCUT2D eigenvalue weighted by Crippen LogP contribution is 2.32. The summed E-state index contributed by atoms with van der Waals surface area (Å²) >= 11 is 0. The molecule has 0 spiro atoms. The van der Waals surface area contributed by atoms with E-state index < -0.39 is 29.6 Å². The van der Waals surface area contributed by atoms with Crippen molar-refractivity contribution >= 4 is 28.9 Å². The molecule has 2 aromatic rings. The first-order valence-electron chi connectivity index (χ1n) is 8.25. The molecule has 0 radical (unpaired) electrons. The van der Waals surface area contributed by atoms with Gasteiger partial charge in [-0.25, -0.2) is 0 Å². The van der Waals surface area contributed by atoms with Crippen molar-refractivity contribution in [2.75, 3.05) is 10.3 Å². The van der Waals surface area contributed by atoms with Crippen LogP contribution in [0.5, 0.6) is 0 Å². The van der Waals surface area contributed by atoms with Crippen molar-refractivity contribution in [1.29, 1.82) is 0 Å². The smallest absolute Gasteiger partial charge is 0.325 e. The van der Waals surface area contributed by atoms with E-state index in [-0.39, 0.29) is 5.69 Å². The summed E-state index contributed by atoms with van der Waals surface area (Å²) in [5.74, 6) is -4.17. The second-order valence-corrected chi connectivity index (χ2v) is 5.94. The minimum atomic E-state index is -4.91. The van der Waals surface area contributed by atoms with Gasteiger partial charge >= 0.3 is 6.18 Å². The number of rotatable bonds is 4. The summed E-state index contributed by atoms with van der Waals surface area (Å²) in [6.45, 7) is 1.91. The molecule has 140 valence electrons. The van der Waals surface area contributed by atoms with Crippen molar-refractivity contribution in [2.24, 2.45) is 11.0 Å². The Morgan fingerprint density at radius 3 is 2.48 bits per heavy atom. The monoisotopic (exact) mass is 375 g/mol. The Morgan fingerprint density at radius 2 is 1.85 bits per heavy atom. The number of nitrogens with zero attached hydrogens (tertiary/aromatic N) is 2. The van der Waals surface area contributed by atoms with E-state index in [0.29, 0.717) is 17.1 Å². The van der Waals surface area contributed by atoms with Gasteiger partial charge in [0, 0.05) is 5.69 Å². The summed E-state index contributed by atoms with van der Waals surface area (Å²) in [6.07, 6.45) is -4.21. The molecular formula is C19H16F3N3O2. The molecule has 0 aromatic heterocycles. The van der Waals surface area contributed by atoms with Gasteiger partial charge in [-0.1, -0.05) is 37.3 Å². The molecule has 27 heavy (non-hydrogen) atoms. The lowest BCUT2D eigenvalue weighted by molar-refractivity contribution is -0.129. The lowest BCUT2D eigenvalue weighted by atomic mass is 10.0. The van der Waals surface area contributed by atoms with Crippen LogP contribution < -0.4 is 10.3 Å². The number of hydrogen-bond acceptors (Lipinski definition) is 3. The molecule has 2 amide bonds. The maximum atomic E-state index is 13.4. The molecule has 1 unspecified atom stereocenters. The Kier molecular flexibility index (Phi) is 4.98. The van der Waals surface area contributed by atoms with Crippen molar-refractivity contribution in [3.63, 3.8) is 0 Å². The van der Waals surface area contributed by atoms with Gasteiger partial charge in [-0.15, -0.1) is 0 Å². The maximum absolute atomic E-state index is 13.4. The van der Waals surface area contributed by atoms with Crippen molar-refractivity contribution in [3.8, 4) is 0 Å². The van der Waals surface area contributed by atoms with E-state index in [1.54, 1.807) is 36.4 Å². The van der Waals surface area contributed by atoms with E-state index >= 15 is 0 Å². The molecule has 2 aromatic carbocycles. The Balaban J connectivity index is 1.91. The van der Waals surface area contributed by atoms with Crippen LogP contribution in [0.2, 0.25) is 0 Å². The molecule has 3 rings (SSSR count). The van der Waals surface area contributed by atoms with Gasteiger partial charge in [0.25, 0.3) is 5.91 Å². The topological polar surface area (TPSA) is 61.8 Å². The predicted octanol–water partition coefficient (Wildman–Crippen LogP) is 3.77. The third-order valence-electron chi connectivity index (χ3n) is 4.09. The predicted molar refractivity (Wildman–Crippen MR) is 95.4 cm³/mol. The van der Waals surface area contributed by atoms with Gasteiger partial charge < -0.3 is 5.32 Å². The lowest BCUT2D eigenvalue weighted by Gasteiger charge is -2.15. The van der Waals surface area contributed by atoms with Gasteiger partial charge in [-0.05, 0) is 36.2 Å². The first-order valence-corrected chi connectivity index (χ1v) is 8.25. The summed E-state index contributed by atoms with van der Waals surface area (Å²) in [6, 6.07) is 14.4. The van der Waals surface area contributed by atoms with Gasteiger partial charge in [-0.3, -0.25) is 9.59 Å². The fraction of sp³-hybridized carbons (Fsp3) is 0.211. The number of carbonyl (C=O) groups excluding carboxylic acids is 2. The molecular weight excluding hydrogens is 359 g/mol. The summed E-state index contributed by atoms with van der Waals surface area (Å²) < 4.78 is 40.2. The number of halogens is 3. The van der Waals surface area contributed by atoms with Crippen molar-refractivity contribution < 1.29 is 22.8 Å². The van der Waals surface area contributed by atoms with E-state index in [1.165, 1.54) is 12.1 Å². The van der Waals surface area contributed by atoms with Crippen LogP contribution in [-0.2, 0) is 16.0 Å². The highest BCUT2D eigenvalue weighted by molar-refractivity contribution is 6.30. The van der Waals surface area contributed by atoms with Gasteiger partial charge in [-0.2, -0.15) is 23.3 Å². The highest BCUT2D eigenvalue weighted by Gasteiger charge is 2.53. The van der Waals surface area contributed by atoms with Crippen LogP contribution in [0.1, 0.15) is 12.5 Å². The molecule has 5 nitrogen and oxygen atoms in total. The van der Waals surface area contributed by atoms with Crippen LogP contribution >= 0.6 is 0 Å². The number of para-hydroxylation sites is 1. The van der Waals surface area contributed by atoms with Crippen LogP contribution in [0.15, 0.2) is 59.7 Å². The van der Waals surface area contributed by atoms with Crippen molar-refractivity contribution in [2.45, 2.75) is 19.5 Å². The number of alkyl halides is 3. The number of hydrazone groups is 1. The SMILES string of the molecule is CCc1cccc(NC(=O)C2C(=O)N(c3ccccc3)N=C2C(F)(F)F)c1. The van der Waals surface area contributed by atoms with Crippen LogP contribution in [0, 0.1) is 5.92 Å². The third kappa shape index (κ3) is 3.84. The quantitative estimate of drug-likeness (QED) is 0.827. The van der Waals surface area contributed by atoms with E-state index in [4.69, 9.17) is 0 Å². The zero-order chi connectivity index (χ0) is 19.6. The average molecular weight is 375 g/mol. The minimum absolute atomic E-state index is 0.160. The number of hydrogen-bond donors (Lipinski definition) is 1. The number of benzene rings is 2. The summed E-state index contributed by atoms with van der Waals surface area (Å²) in [7, 11) is 0. The summed E-state index contributed by atoms with van der Waals surface area (Å²) in [5.41, 5.74) is -0.0407. The molecule has 0 aliphatic carbocycles. The Labute approximate surface area is 153 Å².